The minimum Gasteiger partial charge on any atom is -0.497 e. The van der Waals surface area contributed by atoms with Crippen molar-refractivity contribution >= 4 is 39.2 Å². The van der Waals surface area contributed by atoms with Crippen molar-refractivity contribution in [1.82, 2.24) is 14.9 Å². The summed E-state index contributed by atoms with van der Waals surface area (Å²) in [7, 11) is 1.61. The summed E-state index contributed by atoms with van der Waals surface area (Å²) >= 11 is 2.77. The number of benzene rings is 2. The van der Waals surface area contributed by atoms with Crippen molar-refractivity contribution in [1.29, 1.82) is 0 Å². The minimum absolute atomic E-state index is 0.0166. The maximum atomic E-state index is 14.0. The van der Waals surface area contributed by atoms with E-state index in [2.05, 4.69) is 17.4 Å². The fraction of sp³-hybridized carbons (Fsp3) is 0.345. The number of fused-ring (bicyclic) bond motifs is 3. The molecule has 0 saturated carbocycles. The molecule has 2 aromatic heterocycles. The molecule has 0 bridgehead atoms. The molecular formula is C29H31N3O4S2. The lowest BCUT2D eigenvalue weighted by molar-refractivity contribution is -0.119. The molecule has 1 aliphatic rings. The third kappa shape index (κ3) is 5.65. The fourth-order valence-corrected chi connectivity index (χ4v) is 6.66. The Labute approximate surface area is 230 Å². The van der Waals surface area contributed by atoms with Crippen molar-refractivity contribution in [2.75, 3.05) is 12.9 Å². The molecule has 2 aromatic carbocycles. The van der Waals surface area contributed by atoms with E-state index in [-0.39, 0.29) is 28.9 Å². The Morgan fingerprint density at radius 1 is 1.21 bits per heavy atom. The van der Waals surface area contributed by atoms with E-state index in [4.69, 9.17) is 14.5 Å². The van der Waals surface area contributed by atoms with Crippen LogP contribution in [0.25, 0.3) is 15.9 Å². The molecule has 7 nitrogen and oxygen atoms in total. The van der Waals surface area contributed by atoms with E-state index >= 15 is 0 Å². The molecule has 0 radical (unpaired) electrons. The molecule has 3 heterocycles. The second kappa shape index (κ2) is 10.9. The molecule has 9 heteroatoms. The zero-order valence-electron chi connectivity index (χ0n) is 21.9. The number of nitrogens with one attached hydrogen (secondary N) is 1. The van der Waals surface area contributed by atoms with Gasteiger partial charge in [0.1, 0.15) is 10.6 Å². The van der Waals surface area contributed by atoms with Gasteiger partial charge >= 0.3 is 0 Å². The maximum absolute atomic E-state index is 14.0. The number of carbonyl (C=O) groups is 1. The van der Waals surface area contributed by atoms with Crippen LogP contribution in [0.5, 0.6) is 5.75 Å². The van der Waals surface area contributed by atoms with E-state index in [1.807, 2.05) is 63.2 Å². The van der Waals surface area contributed by atoms with Crippen LogP contribution in [0.1, 0.15) is 36.8 Å². The zero-order valence-corrected chi connectivity index (χ0v) is 23.6. The predicted octanol–water partition coefficient (Wildman–Crippen LogP) is 5.15. The number of aromatic nitrogens is 2. The van der Waals surface area contributed by atoms with Crippen LogP contribution in [0.4, 0.5) is 0 Å². The summed E-state index contributed by atoms with van der Waals surface area (Å²) in [6.07, 6.45) is 1.40. The Balaban J connectivity index is 1.45. The molecule has 1 aliphatic heterocycles. The van der Waals surface area contributed by atoms with Gasteiger partial charge in [0.25, 0.3) is 5.56 Å². The Bertz CT molecular complexity index is 1510. The number of methoxy groups -OCH3 is 1. The Kier molecular flexibility index (Phi) is 7.61. The van der Waals surface area contributed by atoms with Crippen LogP contribution < -0.4 is 15.6 Å². The number of nitrogens with zero attached hydrogens (tertiary/aromatic N) is 2. The summed E-state index contributed by atoms with van der Waals surface area (Å²) in [6.45, 7) is 6.54. The van der Waals surface area contributed by atoms with Gasteiger partial charge < -0.3 is 14.8 Å². The third-order valence-corrected chi connectivity index (χ3v) is 8.57. The van der Waals surface area contributed by atoms with Gasteiger partial charge in [0.15, 0.2) is 5.16 Å². The van der Waals surface area contributed by atoms with Crippen LogP contribution in [0.15, 0.2) is 64.5 Å². The minimum atomic E-state index is -0.347. The van der Waals surface area contributed by atoms with Crippen LogP contribution >= 0.6 is 23.1 Å². The summed E-state index contributed by atoms with van der Waals surface area (Å²) in [5.41, 5.74) is 2.39. The summed E-state index contributed by atoms with van der Waals surface area (Å²) in [5.74, 6) is 0.743. The van der Waals surface area contributed by atoms with E-state index in [9.17, 15) is 9.59 Å². The maximum Gasteiger partial charge on any atom is 0.267 e. The quantitative estimate of drug-likeness (QED) is 0.242. The number of hydrogen-bond acceptors (Lipinski definition) is 7. The largest absolute Gasteiger partial charge is 0.497 e. The average Bonchev–Trinajstić information content (AvgIpc) is 3.25. The topological polar surface area (TPSA) is 82.5 Å². The molecule has 4 aromatic rings. The number of thioether (sulfide) groups is 1. The van der Waals surface area contributed by atoms with E-state index < -0.39 is 0 Å². The highest BCUT2D eigenvalue weighted by molar-refractivity contribution is 7.99. The van der Waals surface area contributed by atoms with Crippen molar-refractivity contribution in [2.24, 2.45) is 0 Å². The van der Waals surface area contributed by atoms with Crippen molar-refractivity contribution in [3.63, 3.8) is 0 Å². The van der Waals surface area contributed by atoms with E-state index in [1.54, 1.807) is 11.7 Å². The van der Waals surface area contributed by atoms with Crippen LogP contribution in [-0.4, -0.2) is 40.0 Å². The lowest BCUT2D eigenvalue weighted by Gasteiger charge is -2.29. The lowest BCUT2D eigenvalue weighted by atomic mass is 9.94. The van der Waals surface area contributed by atoms with Crippen molar-refractivity contribution < 1.29 is 14.3 Å². The second-order valence-electron chi connectivity index (χ2n) is 10.1. The lowest BCUT2D eigenvalue weighted by Crippen LogP contribution is -2.35. The van der Waals surface area contributed by atoms with E-state index in [1.165, 1.54) is 28.7 Å². The monoisotopic (exact) mass is 549 g/mol. The molecule has 0 unspecified atom stereocenters. The van der Waals surface area contributed by atoms with Crippen LogP contribution in [0.2, 0.25) is 0 Å². The smallest absolute Gasteiger partial charge is 0.267 e. The first-order valence-corrected chi connectivity index (χ1v) is 14.4. The highest BCUT2D eigenvalue weighted by Gasteiger charge is 2.31. The number of hydrogen-bond donors (Lipinski definition) is 1. The highest BCUT2D eigenvalue weighted by atomic mass is 32.2. The van der Waals surface area contributed by atoms with Gasteiger partial charge in [-0.15, -0.1) is 11.3 Å². The second-order valence-corrected chi connectivity index (χ2v) is 12.1. The molecular weight excluding hydrogens is 518 g/mol. The standard InChI is InChI=1S/C29H31N3O4S2/c1-18(14-19-8-6-5-7-9-19)30-24(33)17-37-28-31-26-25(22-15-29(2,3)36-16-23(22)38-26)27(34)32(28)20-10-12-21(35-4)13-11-20/h5-13,18H,14-17H2,1-4H3,(H,30,33)/t18-/m0/s1. The number of carbonyl (C=O) groups excluding carboxylic acids is 1. The first kappa shape index (κ1) is 26.5. The normalized spacial score (nSPS) is 15.2. The van der Waals surface area contributed by atoms with Gasteiger partial charge in [-0.1, -0.05) is 42.1 Å². The van der Waals surface area contributed by atoms with Gasteiger partial charge in [-0.2, -0.15) is 0 Å². The van der Waals surface area contributed by atoms with Gasteiger partial charge in [0.2, 0.25) is 5.91 Å². The zero-order chi connectivity index (χ0) is 26.9. The molecule has 0 saturated heterocycles. The van der Waals surface area contributed by atoms with Gasteiger partial charge in [-0.05, 0) is 62.6 Å². The molecule has 1 atom stereocenters. The Hall–Kier alpha value is -3.14. The number of thiophene rings is 1. The van der Waals surface area contributed by atoms with Gasteiger partial charge in [-0.3, -0.25) is 14.2 Å². The number of ether oxygens (including phenoxy) is 2. The van der Waals surface area contributed by atoms with Crippen molar-refractivity contribution in [3.8, 4) is 11.4 Å². The molecule has 1 amide bonds. The number of amides is 1. The summed E-state index contributed by atoms with van der Waals surface area (Å²) < 4.78 is 12.9. The van der Waals surface area contributed by atoms with E-state index in [0.717, 1.165) is 16.9 Å². The Morgan fingerprint density at radius 3 is 2.66 bits per heavy atom. The van der Waals surface area contributed by atoms with Crippen molar-refractivity contribution in [2.45, 2.75) is 57.0 Å². The van der Waals surface area contributed by atoms with Crippen molar-refractivity contribution in [3.05, 3.63) is 81.0 Å². The molecule has 38 heavy (non-hydrogen) atoms. The highest BCUT2D eigenvalue weighted by Crippen LogP contribution is 2.38. The predicted molar refractivity (Wildman–Crippen MR) is 153 cm³/mol. The van der Waals surface area contributed by atoms with Crippen LogP contribution in [-0.2, 0) is 29.0 Å². The summed E-state index contributed by atoms with van der Waals surface area (Å²) in [6, 6.07) is 17.4. The average molecular weight is 550 g/mol. The molecule has 1 N–H and O–H groups in total. The fourth-order valence-electron chi connectivity index (χ4n) is 4.69. The summed E-state index contributed by atoms with van der Waals surface area (Å²) in [5, 5.41) is 4.19. The summed E-state index contributed by atoms with van der Waals surface area (Å²) in [4.78, 5) is 33.5. The van der Waals surface area contributed by atoms with E-state index in [0.29, 0.717) is 39.8 Å². The number of rotatable bonds is 8. The van der Waals surface area contributed by atoms with Crippen LogP contribution in [0.3, 0.4) is 0 Å². The molecule has 0 spiro atoms. The molecule has 0 fully saturated rings. The first-order valence-electron chi connectivity index (χ1n) is 12.6. The first-order chi connectivity index (χ1) is 18.2. The van der Waals surface area contributed by atoms with Gasteiger partial charge in [0, 0.05) is 17.3 Å². The van der Waals surface area contributed by atoms with Gasteiger partial charge in [-0.25, -0.2) is 4.98 Å². The Morgan fingerprint density at radius 2 is 1.95 bits per heavy atom. The van der Waals surface area contributed by atoms with Crippen LogP contribution in [0, 0.1) is 0 Å². The molecule has 5 rings (SSSR count). The molecule has 198 valence electrons. The SMILES string of the molecule is COc1ccc(-n2c(SCC(=O)N[C@@H](C)Cc3ccccc3)nc3sc4c(c3c2=O)CC(C)(C)OC4)cc1. The third-order valence-electron chi connectivity index (χ3n) is 6.53. The van der Waals surface area contributed by atoms with Gasteiger partial charge in [0.05, 0.1) is 36.1 Å². The molecule has 0 aliphatic carbocycles.